The Kier molecular flexibility index (Phi) is 7.48. The van der Waals surface area contributed by atoms with Gasteiger partial charge in [-0.1, -0.05) is 13.3 Å². The Bertz CT molecular complexity index is 440. The van der Waals surface area contributed by atoms with Gasteiger partial charge >= 0.3 is 11.9 Å². The Morgan fingerprint density at radius 1 is 1.39 bits per heavy atom. The lowest BCUT2D eigenvalue weighted by atomic mass is 9.95. The van der Waals surface area contributed by atoms with E-state index in [1.54, 1.807) is 0 Å². The topological polar surface area (TPSA) is 95.9 Å². The normalized spacial score (nSPS) is 24.0. The molecule has 1 aliphatic heterocycles. The number of ether oxygens (including phenoxy) is 1. The van der Waals surface area contributed by atoms with Crippen LogP contribution in [-0.4, -0.2) is 60.1 Å². The van der Waals surface area contributed by atoms with Gasteiger partial charge in [0.05, 0.1) is 13.0 Å². The molecule has 1 rings (SSSR count). The molecule has 2 unspecified atom stereocenters. The second-order valence-corrected chi connectivity index (χ2v) is 6.30. The van der Waals surface area contributed by atoms with Gasteiger partial charge in [0.25, 0.3) is 0 Å². The third-order valence-corrected chi connectivity index (χ3v) is 4.49. The first-order valence-corrected chi connectivity index (χ1v) is 8.11. The number of aliphatic carboxylic acids is 1. The molecule has 1 fully saturated rings. The monoisotopic (exact) mass is 328 g/mol. The standard InChI is InChI=1S/C16H28N2O5/c1-5-6-12(10(2)17-11(3)19)8-18-9-13(16(22)23-4)7-14(18)15(20)21/h10,12-14H,5-9H2,1-4H3,(H,17,19)(H,20,21)/t10?,12?,13-,14-/m1/s1. The predicted octanol–water partition coefficient (Wildman–Crippen LogP) is 0.875. The number of hydrogen-bond acceptors (Lipinski definition) is 5. The second-order valence-electron chi connectivity index (χ2n) is 6.30. The van der Waals surface area contributed by atoms with Gasteiger partial charge in [0.1, 0.15) is 6.04 Å². The summed E-state index contributed by atoms with van der Waals surface area (Å²) in [5, 5.41) is 12.3. The van der Waals surface area contributed by atoms with Crippen molar-refractivity contribution in [3.05, 3.63) is 0 Å². The lowest BCUT2D eigenvalue weighted by molar-refractivity contribution is -0.145. The quantitative estimate of drug-likeness (QED) is 0.642. The first-order chi connectivity index (χ1) is 10.8. The molecule has 0 aromatic heterocycles. The summed E-state index contributed by atoms with van der Waals surface area (Å²) >= 11 is 0. The minimum Gasteiger partial charge on any atom is -0.480 e. The zero-order valence-electron chi connectivity index (χ0n) is 14.4. The van der Waals surface area contributed by atoms with Crippen LogP contribution in [0.5, 0.6) is 0 Å². The van der Waals surface area contributed by atoms with Crippen LogP contribution in [-0.2, 0) is 19.1 Å². The van der Waals surface area contributed by atoms with Crippen LogP contribution in [0, 0.1) is 11.8 Å². The highest BCUT2D eigenvalue weighted by Gasteiger charge is 2.41. The van der Waals surface area contributed by atoms with E-state index < -0.39 is 17.9 Å². The molecule has 1 heterocycles. The van der Waals surface area contributed by atoms with E-state index in [1.807, 2.05) is 11.8 Å². The Labute approximate surface area is 137 Å². The van der Waals surface area contributed by atoms with Crippen molar-refractivity contribution in [2.75, 3.05) is 20.2 Å². The summed E-state index contributed by atoms with van der Waals surface area (Å²) in [5.74, 6) is -1.64. The second kappa shape index (κ2) is 8.86. The van der Waals surface area contributed by atoms with E-state index in [-0.39, 0.29) is 30.3 Å². The van der Waals surface area contributed by atoms with E-state index in [0.717, 1.165) is 12.8 Å². The smallest absolute Gasteiger partial charge is 0.320 e. The maximum Gasteiger partial charge on any atom is 0.320 e. The van der Waals surface area contributed by atoms with Crippen molar-refractivity contribution in [2.45, 2.75) is 52.1 Å². The van der Waals surface area contributed by atoms with Gasteiger partial charge in [-0.25, -0.2) is 0 Å². The maximum atomic E-state index is 11.7. The van der Waals surface area contributed by atoms with E-state index in [4.69, 9.17) is 4.74 Å². The summed E-state index contributed by atoms with van der Waals surface area (Å²) in [4.78, 5) is 36.3. The number of carboxylic acid groups (broad SMARTS) is 1. The summed E-state index contributed by atoms with van der Waals surface area (Å²) in [6.45, 7) is 6.40. The van der Waals surface area contributed by atoms with Gasteiger partial charge < -0.3 is 15.2 Å². The van der Waals surface area contributed by atoms with E-state index in [1.165, 1.54) is 14.0 Å². The van der Waals surface area contributed by atoms with Gasteiger partial charge in [0, 0.05) is 26.1 Å². The number of carbonyl (C=O) groups excluding carboxylic acids is 2. The average molecular weight is 328 g/mol. The molecule has 0 bridgehead atoms. The molecule has 0 spiro atoms. The third kappa shape index (κ3) is 5.49. The SMILES string of the molecule is CCCC(CN1C[C@H](C(=O)OC)C[C@@H]1C(=O)O)C(C)NC(C)=O. The summed E-state index contributed by atoms with van der Waals surface area (Å²) in [5.41, 5.74) is 0. The van der Waals surface area contributed by atoms with Gasteiger partial charge in [0.2, 0.25) is 5.91 Å². The molecule has 7 nitrogen and oxygen atoms in total. The van der Waals surface area contributed by atoms with Crippen LogP contribution >= 0.6 is 0 Å². The number of likely N-dealkylation sites (tertiary alicyclic amines) is 1. The first kappa shape index (κ1) is 19.4. The highest BCUT2D eigenvalue weighted by atomic mass is 16.5. The molecule has 1 amide bonds. The molecule has 1 aliphatic rings. The minimum atomic E-state index is -0.918. The number of nitrogens with one attached hydrogen (secondary N) is 1. The number of carbonyl (C=O) groups is 3. The highest BCUT2D eigenvalue weighted by Crippen LogP contribution is 2.27. The average Bonchev–Trinajstić information content (AvgIpc) is 2.89. The number of rotatable bonds is 8. The van der Waals surface area contributed by atoms with E-state index >= 15 is 0 Å². The number of amides is 1. The molecular weight excluding hydrogens is 300 g/mol. The Hall–Kier alpha value is -1.63. The van der Waals surface area contributed by atoms with Crippen LogP contribution in [0.3, 0.4) is 0 Å². The summed E-state index contributed by atoms with van der Waals surface area (Å²) in [6, 6.07) is -0.720. The van der Waals surface area contributed by atoms with Gasteiger partial charge in [-0.15, -0.1) is 0 Å². The summed E-state index contributed by atoms with van der Waals surface area (Å²) < 4.78 is 4.75. The maximum absolute atomic E-state index is 11.7. The van der Waals surface area contributed by atoms with Gasteiger partial charge in [-0.3, -0.25) is 19.3 Å². The number of nitrogens with zero attached hydrogens (tertiary/aromatic N) is 1. The molecule has 0 radical (unpaired) electrons. The zero-order valence-corrected chi connectivity index (χ0v) is 14.4. The fraction of sp³-hybridized carbons (Fsp3) is 0.812. The van der Waals surface area contributed by atoms with Crippen LogP contribution in [0.25, 0.3) is 0 Å². The molecule has 23 heavy (non-hydrogen) atoms. The first-order valence-electron chi connectivity index (χ1n) is 8.11. The van der Waals surface area contributed by atoms with Crippen LogP contribution in [0.2, 0.25) is 0 Å². The van der Waals surface area contributed by atoms with Crippen molar-refractivity contribution >= 4 is 17.8 Å². The van der Waals surface area contributed by atoms with Crippen LogP contribution < -0.4 is 5.32 Å². The molecule has 0 aromatic carbocycles. The molecule has 1 saturated heterocycles. The molecule has 4 atom stereocenters. The Morgan fingerprint density at radius 3 is 2.52 bits per heavy atom. The number of esters is 1. The largest absolute Gasteiger partial charge is 0.480 e. The van der Waals surface area contributed by atoms with Crippen molar-refractivity contribution in [3.8, 4) is 0 Å². The molecular formula is C16H28N2O5. The number of methoxy groups -OCH3 is 1. The Balaban J connectivity index is 2.80. The van der Waals surface area contributed by atoms with Crippen LogP contribution in [0.4, 0.5) is 0 Å². The van der Waals surface area contributed by atoms with Gasteiger partial charge in [0.15, 0.2) is 0 Å². The molecule has 132 valence electrons. The molecule has 0 aromatic rings. The van der Waals surface area contributed by atoms with Crippen molar-refractivity contribution < 1.29 is 24.2 Å². The minimum absolute atomic E-state index is 0.0425. The van der Waals surface area contributed by atoms with Crippen molar-refractivity contribution in [1.29, 1.82) is 0 Å². The third-order valence-electron chi connectivity index (χ3n) is 4.49. The van der Waals surface area contributed by atoms with Gasteiger partial charge in [-0.05, 0) is 25.7 Å². The van der Waals surface area contributed by atoms with Crippen molar-refractivity contribution in [1.82, 2.24) is 10.2 Å². The van der Waals surface area contributed by atoms with E-state index in [2.05, 4.69) is 12.2 Å². The summed E-state index contributed by atoms with van der Waals surface area (Å²) in [7, 11) is 1.32. The predicted molar refractivity (Wildman–Crippen MR) is 84.8 cm³/mol. The lowest BCUT2D eigenvalue weighted by Gasteiger charge is -2.30. The van der Waals surface area contributed by atoms with Crippen LogP contribution in [0.15, 0.2) is 0 Å². The molecule has 7 heteroatoms. The van der Waals surface area contributed by atoms with Crippen LogP contribution in [0.1, 0.15) is 40.0 Å². The molecule has 0 aliphatic carbocycles. The molecule has 0 saturated carbocycles. The van der Waals surface area contributed by atoms with E-state index in [0.29, 0.717) is 13.1 Å². The fourth-order valence-corrected chi connectivity index (χ4v) is 3.31. The van der Waals surface area contributed by atoms with Gasteiger partial charge in [-0.2, -0.15) is 0 Å². The summed E-state index contributed by atoms with van der Waals surface area (Å²) in [6.07, 6.45) is 2.10. The number of carboxylic acids is 1. The number of hydrogen-bond donors (Lipinski definition) is 2. The van der Waals surface area contributed by atoms with Crippen molar-refractivity contribution in [2.24, 2.45) is 11.8 Å². The lowest BCUT2D eigenvalue weighted by Crippen LogP contribution is -2.45. The fourth-order valence-electron chi connectivity index (χ4n) is 3.31. The Morgan fingerprint density at radius 2 is 2.04 bits per heavy atom. The van der Waals surface area contributed by atoms with Crippen molar-refractivity contribution in [3.63, 3.8) is 0 Å². The highest BCUT2D eigenvalue weighted by molar-refractivity contribution is 5.78. The zero-order chi connectivity index (χ0) is 17.6. The van der Waals surface area contributed by atoms with E-state index in [9.17, 15) is 19.5 Å². The molecule has 2 N–H and O–H groups in total.